The molecule has 0 spiro atoms. The molecule has 172 valence electrons. The fourth-order valence-corrected chi connectivity index (χ4v) is 5.60. The Balaban J connectivity index is 1.75. The third-order valence-corrected chi connectivity index (χ3v) is 8.70. The van der Waals surface area contributed by atoms with E-state index >= 15 is 0 Å². The molecule has 2 aromatic heterocycles. The van der Waals surface area contributed by atoms with E-state index in [2.05, 4.69) is 19.9 Å². The molecule has 0 unspecified atom stereocenters. The minimum absolute atomic E-state index is 0.202. The van der Waals surface area contributed by atoms with Gasteiger partial charge in [0.25, 0.3) is 5.91 Å². The lowest BCUT2D eigenvalue weighted by molar-refractivity contribution is 0.0983. The molecular weight excluding hydrogens is 456 g/mol. The number of aromatic nitrogens is 1. The summed E-state index contributed by atoms with van der Waals surface area (Å²) >= 11 is 1.45. The first-order chi connectivity index (χ1) is 15.7. The second-order valence-electron chi connectivity index (χ2n) is 8.43. The van der Waals surface area contributed by atoms with Crippen LogP contribution in [0.25, 0.3) is 10.2 Å². The van der Waals surface area contributed by atoms with E-state index in [1.165, 1.54) is 23.5 Å². The third-order valence-electron chi connectivity index (χ3n) is 5.48. The lowest BCUT2D eigenvalue weighted by atomic mass is 10.0. The fourth-order valence-electron chi connectivity index (χ4n) is 3.54. The Morgan fingerprint density at radius 3 is 2.36 bits per heavy atom. The summed E-state index contributed by atoms with van der Waals surface area (Å²) in [5.74, 6) is 0.657. The zero-order chi connectivity index (χ0) is 23.8. The summed E-state index contributed by atoms with van der Waals surface area (Å²) in [5, 5.41) is 0.0331. The van der Waals surface area contributed by atoms with Crippen molar-refractivity contribution in [1.29, 1.82) is 0 Å². The van der Waals surface area contributed by atoms with Gasteiger partial charge in [0, 0.05) is 5.56 Å². The first-order valence-corrected chi connectivity index (χ1v) is 13.1. The average Bonchev–Trinajstić information content (AvgIpc) is 3.46. The molecule has 0 aliphatic carbocycles. The molecular formula is C25H26N2O4S2. The second-order valence-corrected chi connectivity index (χ2v) is 11.9. The molecule has 33 heavy (non-hydrogen) atoms. The molecule has 2 heterocycles. The van der Waals surface area contributed by atoms with Crippen LogP contribution in [0.15, 0.2) is 70.2 Å². The third kappa shape index (κ3) is 4.58. The highest BCUT2D eigenvalue weighted by Gasteiger charge is 2.25. The topological polar surface area (TPSA) is 80.5 Å². The summed E-state index contributed by atoms with van der Waals surface area (Å²) in [7, 11) is -3.41. The zero-order valence-corrected chi connectivity index (χ0v) is 20.6. The van der Waals surface area contributed by atoms with Crippen molar-refractivity contribution in [3.63, 3.8) is 0 Å². The van der Waals surface area contributed by atoms with E-state index in [9.17, 15) is 13.2 Å². The van der Waals surface area contributed by atoms with Gasteiger partial charge in [-0.25, -0.2) is 13.4 Å². The second kappa shape index (κ2) is 9.11. The molecule has 4 aromatic rings. The van der Waals surface area contributed by atoms with Gasteiger partial charge < -0.3 is 4.42 Å². The molecule has 0 radical (unpaired) electrons. The number of hydrogen-bond donors (Lipinski definition) is 0. The number of furan rings is 1. The van der Waals surface area contributed by atoms with Crippen LogP contribution in [0.5, 0.6) is 0 Å². The van der Waals surface area contributed by atoms with Gasteiger partial charge in [0.05, 0.1) is 33.2 Å². The van der Waals surface area contributed by atoms with Gasteiger partial charge >= 0.3 is 0 Å². The summed E-state index contributed by atoms with van der Waals surface area (Å²) in [6.07, 6.45) is 1.57. The molecule has 0 atom stereocenters. The highest BCUT2D eigenvalue weighted by Crippen LogP contribution is 2.35. The zero-order valence-electron chi connectivity index (χ0n) is 19.0. The van der Waals surface area contributed by atoms with Crippen LogP contribution < -0.4 is 4.90 Å². The first kappa shape index (κ1) is 23.2. The minimum atomic E-state index is -3.41. The minimum Gasteiger partial charge on any atom is -0.467 e. The van der Waals surface area contributed by atoms with E-state index in [0.29, 0.717) is 22.4 Å². The number of benzene rings is 2. The first-order valence-electron chi connectivity index (χ1n) is 10.8. The van der Waals surface area contributed by atoms with E-state index in [1.54, 1.807) is 43.2 Å². The number of rotatable bonds is 7. The summed E-state index contributed by atoms with van der Waals surface area (Å²) in [6, 6.07) is 15.7. The molecule has 0 aliphatic heterocycles. The molecule has 6 nitrogen and oxygen atoms in total. The van der Waals surface area contributed by atoms with Crippen LogP contribution in [-0.2, 0) is 16.4 Å². The van der Waals surface area contributed by atoms with E-state index in [0.717, 1.165) is 15.8 Å². The quantitative estimate of drug-likeness (QED) is 0.321. The van der Waals surface area contributed by atoms with E-state index < -0.39 is 15.1 Å². The molecule has 0 bridgehead atoms. The predicted molar refractivity (Wildman–Crippen MR) is 132 cm³/mol. The Kier molecular flexibility index (Phi) is 6.41. The van der Waals surface area contributed by atoms with Gasteiger partial charge in [-0.1, -0.05) is 37.3 Å². The number of thiazole rings is 1. The summed E-state index contributed by atoms with van der Waals surface area (Å²) in [5.41, 5.74) is 2.40. The Morgan fingerprint density at radius 2 is 1.76 bits per heavy atom. The SMILES string of the molecule is CC(C)c1cccc2sc(N(Cc3ccco3)C(=O)c3ccc(S(=O)(=O)C(C)C)cc3)nc12. The van der Waals surface area contributed by atoms with Crippen LogP contribution in [0.3, 0.4) is 0 Å². The Labute approximate surface area is 197 Å². The van der Waals surface area contributed by atoms with Crippen molar-refractivity contribution >= 4 is 42.4 Å². The predicted octanol–water partition coefficient (Wildman–Crippen LogP) is 6.04. The van der Waals surface area contributed by atoms with Crippen LogP contribution in [0.2, 0.25) is 0 Å². The van der Waals surface area contributed by atoms with E-state index in [1.807, 2.05) is 18.2 Å². The van der Waals surface area contributed by atoms with Gasteiger partial charge in [0.1, 0.15) is 5.76 Å². The molecule has 1 amide bonds. The number of nitrogens with zero attached hydrogens (tertiary/aromatic N) is 2. The maximum atomic E-state index is 13.6. The number of anilines is 1. The highest BCUT2D eigenvalue weighted by molar-refractivity contribution is 7.92. The lowest BCUT2D eigenvalue weighted by Gasteiger charge is -2.19. The van der Waals surface area contributed by atoms with Crippen LogP contribution in [-0.4, -0.2) is 24.6 Å². The largest absolute Gasteiger partial charge is 0.467 e. The summed E-state index contributed by atoms with van der Waals surface area (Å²) in [6.45, 7) is 7.73. The van der Waals surface area contributed by atoms with Crippen molar-refractivity contribution in [3.05, 3.63) is 77.7 Å². The van der Waals surface area contributed by atoms with Gasteiger partial charge in [0.2, 0.25) is 0 Å². The number of hydrogen-bond acceptors (Lipinski definition) is 6. The number of para-hydroxylation sites is 1. The van der Waals surface area contributed by atoms with Crippen LogP contribution in [0.4, 0.5) is 5.13 Å². The van der Waals surface area contributed by atoms with Crippen molar-refractivity contribution in [2.24, 2.45) is 0 Å². The molecule has 0 N–H and O–H groups in total. The van der Waals surface area contributed by atoms with Crippen molar-refractivity contribution in [2.45, 2.75) is 50.3 Å². The van der Waals surface area contributed by atoms with Gasteiger partial charge in [-0.2, -0.15) is 0 Å². The van der Waals surface area contributed by atoms with Crippen molar-refractivity contribution in [3.8, 4) is 0 Å². The smallest absolute Gasteiger partial charge is 0.260 e. The Hall–Kier alpha value is -2.97. The Morgan fingerprint density at radius 1 is 1.03 bits per heavy atom. The normalized spacial score (nSPS) is 12.1. The Bertz CT molecular complexity index is 1370. The fraction of sp³-hybridized carbons (Fsp3) is 0.280. The van der Waals surface area contributed by atoms with Crippen molar-refractivity contribution < 1.29 is 17.6 Å². The molecule has 0 fully saturated rings. The highest BCUT2D eigenvalue weighted by atomic mass is 32.2. The molecule has 0 saturated heterocycles. The molecule has 8 heteroatoms. The van der Waals surface area contributed by atoms with Gasteiger partial charge in [0.15, 0.2) is 15.0 Å². The van der Waals surface area contributed by atoms with Crippen LogP contribution >= 0.6 is 11.3 Å². The summed E-state index contributed by atoms with van der Waals surface area (Å²) in [4.78, 5) is 20.2. The monoisotopic (exact) mass is 482 g/mol. The van der Waals surface area contributed by atoms with Crippen molar-refractivity contribution in [1.82, 2.24) is 4.98 Å². The van der Waals surface area contributed by atoms with Crippen LogP contribution in [0, 0.1) is 0 Å². The molecule has 0 aliphatic rings. The standard InChI is InChI=1S/C25H26N2O4S2/c1-16(2)21-8-5-9-22-23(21)26-25(32-22)27(15-19-7-6-14-31-19)24(28)18-10-12-20(13-11-18)33(29,30)17(3)4/h5-14,16-17H,15H2,1-4H3. The maximum absolute atomic E-state index is 13.6. The van der Waals surface area contributed by atoms with Gasteiger partial charge in [-0.3, -0.25) is 9.69 Å². The maximum Gasteiger partial charge on any atom is 0.260 e. The number of sulfone groups is 1. The number of fused-ring (bicyclic) bond motifs is 1. The average molecular weight is 483 g/mol. The van der Waals surface area contributed by atoms with E-state index in [4.69, 9.17) is 9.40 Å². The molecule has 2 aromatic carbocycles. The molecule has 4 rings (SSSR count). The van der Waals surface area contributed by atoms with Crippen molar-refractivity contribution in [2.75, 3.05) is 4.90 Å². The summed E-state index contributed by atoms with van der Waals surface area (Å²) < 4.78 is 31.4. The lowest BCUT2D eigenvalue weighted by Crippen LogP contribution is -2.30. The number of carbonyl (C=O) groups excluding carboxylic acids is 1. The van der Waals surface area contributed by atoms with Crippen LogP contribution in [0.1, 0.15) is 55.3 Å². The van der Waals surface area contributed by atoms with Gasteiger partial charge in [-0.05, 0) is 67.8 Å². The molecule has 0 saturated carbocycles. The van der Waals surface area contributed by atoms with Gasteiger partial charge in [-0.15, -0.1) is 0 Å². The number of carbonyl (C=O) groups is 1. The number of amides is 1. The van der Waals surface area contributed by atoms with E-state index in [-0.39, 0.29) is 17.3 Å².